The molecule has 3 aromatic carbocycles. The highest BCUT2D eigenvalue weighted by atomic mass is 32.2. The van der Waals surface area contributed by atoms with Gasteiger partial charge in [-0.3, -0.25) is 9.80 Å². The van der Waals surface area contributed by atoms with Crippen LogP contribution < -0.4 is 0 Å². The highest BCUT2D eigenvalue weighted by Crippen LogP contribution is 2.42. The van der Waals surface area contributed by atoms with E-state index in [1.807, 2.05) is 0 Å². The molecule has 8 nitrogen and oxygen atoms in total. The Morgan fingerprint density at radius 3 is 1.88 bits per heavy atom. The van der Waals surface area contributed by atoms with E-state index in [2.05, 4.69) is 121 Å². The summed E-state index contributed by atoms with van der Waals surface area (Å²) < 4.78 is 0. The van der Waals surface area contributed by atoms with E-state index in [1.54, 1.807) is 6.33 Å². The number of thioether (sulfide) groups is 1. The zero-order valence-electron chi connectivity index (χ0n) is 22.2. The minimum absolute atomic E-state index is 0. The van der Waals surface area contributed by atoms with Crippen LogP contribution in [0.15, 0.2) is 109 Å². The predicted octanol–water partition coefficient (Wildman–Crippen LogP) is 3.59. The number of aromatic nitrogens is 4. The molecule has 0 spiro atoms. The van der Waals surface area contributed by atoms with Gasteiger partial charge in [0.2, 0.25) is 0 Å². The molecular formula is C31H34N6O2S. The third kappa shape index (κ3) is 5.52. The fraction of sp³-hybridized carbons (Fsp3) is 0.258. The third-order valence-electron chi connectivity index (χ3n) is 7.49. The number of aliphatic hydroxyl groups is 1. The zero-order valence-corrected chi connectivity index (χ0v) is 23.0. The third-order valence-corrected chi connectivity index (χ3v) is 8.63. The molecule has 6 rings (SSSR count). The maximum absolute atomic E-state index is 10.9. The first-order chi connectivity index (χ1) is 19.2. The molecule has 0 aliphatic carbocycles. The highest BCUT2D eigenvalue weighted by Gasteiger charge is 2.43. The molecule has 0 radical (unpaired) electrons. The van der Waals surface area contributed by atoms with E-state index in [0.717, 1.165) is 36.7 Å². The largest absolute Gasteiger partial charge is 0.412 e. The molecule has 1 atom stereocenters. The van der Waals surface area contributed by atoms with Gasteiger partial charge in [0.15, 0.2) is 5.65 Å². The number of hydrogen-bond acceptors (Lipinski definition) is 7. The minimum atomic E-state index is -0.461. The second-order valence-electron chi connectivity index (χ2n) is 9.84. The van der Waals surface area contributed by atoms with E-state index in [4.69, 9.17) is 0 Å². The number of benzene rings is 3. The molecule has 3 heterocycles. The zero-order chi connectivity index (χ0) is 26.5. The number of piperazine rings is 1. The van der Waals surface area contributed by atoms with Gasteiger partial charge in [-0.2, -0.15) is 0 Å². The first-order valence-corrected chi connectivity index (χ1v) is 14.3. The van der Waals surface area contributed by atoms with Crippen LogP contribution in [0.25, 0.3) is 11.2 Å². The summed E-state index contributed by atoms with van der Waals surface area (Å²) in [5.41, 5.74) is 4.87. The minimum Gasteiger partial charge on any atom is -0.412 e. The average Bonchev–Trinajstić information content (AvgIpc) is 3.49. The lowest BCUT2D eigenvalue weighted by Gasteiger charge is -2.49. The summed E-state index contributed by atoms with van der Waals surface area (Å²) in [6.45, 7) is 4.17. The number of β-amino-alcohol motifs (C(OH)–C–C–N with tert-alkyl or cyclic N) is 1. The molecule has 1 aliphatic rings. The van der Waals surface area contributed by atoms with Crippen LogP contribution in [0.1, 0.15) is 16.7 Å². The molecule has 1 unspecified atom stereocenters. The number of aliphatic hydroxyl groups excluding tert-OH is 1. The molecule has 4 N–H and O–H groups in total. The molecule has 0 saturated carbocycles. The van der Waals surface area contributed by atoms with E-state index < -0.39 is 11.6 Å². The monoisotopic (exact) mass is 554 g/mol. The van der Waals surface area contributed by atoms with Crippen LogP contribution >= 0.6 is 11.8 Å². The summed E-state index contributed by atoms with van der Waals surface area (Å²) in [5.74, 6) is 0.563. The summed E-state index contributed by atoms with van der Waals surface area (Å²) in [5, 5.41) is 11.7. The molecule has 206 valence electrons. The Bertz CT molecular complexity index is 1380. The molecule has 0 bridgehead atoms. The summed E-state index contributed by atoms with van der Waals surface area (Å²) in [6, 6.07) is 32.5. The van der Waals surface area contributed by atoms with Gasteiger partial charge in [-0.1, -0.05) is 91.0 Å². The van der Waals surface area contributed by atoms with Crippen molar-refractivity contribution in [1.29, 1.82) is 0 Å². The maximum atomic E-state index is 10.9. The Hall–Kier alpha value is -3.60. The quantitative estimate of drug-likeness (QED) is 0.163. The van der Waals surface area contributed by atoms with Crippen LogP contribution in [0.4, 0.5) is 0 Å². The van der Waals surface area contributed by atoms with Crippen molar-refractivity contribution in [3.05, 3.63) is 120 Å². The molecule has 9 heteroatoms. The topological polar surface area (TPSA) is 113 Å². The molecular weight excluding hydrogens is 520 g/mol. The maximum Gasteiger partial charge on any atom is 0.181 e. The Balaban J connectivity index is 0.00000323. The standard InChI is InChI=1S/C31H32N6OS.H2O/c38-27(21-39-30-28-29(33-22-32-28)34-23-35-30)20-36-16-18-37(19-17-36)31(24-10-4-1-5-11-24,25-12-6-2-7-13-25)26-14-8-3-9-15-26;/h1-15,22-23,27,38H,16-21H2,(H,32,33,34,35);1H2. The van der Waals surface area contributed by atoms with Gasteiger partial charge in [-0.15, -0.1) is 11.8 Å². The van der Waals surface area contributed by atoms with Crippen molar-refractivity contribution in [2.45, 2.75) is 16.7 Å². The fourth-order valence-corrected chi connectivity index (χ4v) is 6.60. The normalized spacial score (nSPS) is 15.5. The van der Waals surface area contributed by atoms with E-state index in [9.17, 15) is 5.11 Å². The molecule has 0 amide bonds. The number of aromatic amines is 1. The first-order valence-electron chi connectivity index (χ1n) is 13.3. The molecule has 2 aromatic heterocycles. The number of rotatable bonds is 9. The summed E-state index contributed by atoms with van der Waals surface area (Å²) in [4.78, 5) is 20.8. The Morgan fingerprint density at radius 2 is 1.32 bits per heavy atom. The lowest BCUT2D eigenvalue weighted by Crippen LogP contribution is -2.57. The van der Waals surface area contributed by atoms with Crippen molar-refractivity contribution in [1.82, 2.24) is 29.7 Å². The Kier molecular flexibility index (Phi) is 8.88. The van der Waals surface area contributed by atoms with Crippen molar-refractivity contribution in [2.75, 3.05) is 38.5 Å². The van der Waals surface area contributed by atoms with Crippen LogP contribution in [-0.4, -0.2) is 84.9 Å². The second-order valence-corrected chi connectivity index (χ2v) is 10.8. The average molecular weight is 555 g/mol. The number of hydrogen-bond donors (Lipinski definition) is 2. The van der Waals surface area contributed by atoms with Gasteiger partial charge >= 0.3 is 0 Å². The van der Waals surface area contributed by atoms with Crippen molar-refractivity contribution < 1.29 is 10.6 Å². The van der Waals surface area contributed by atoms with Gasteiger partial charge in [0.05, 0.1) is 18.0 Å². The Labute approximate surface area is 238 Å². The van der Waals surface area contributed by atoms with Gasteiger partial charge < -0.3 is 15.6 Å². The number of nitrogens with one attached hydrogen (secondary N) is 1. The lowest BCUT2D eigenvalue weighted by molar-refractivity contribution is 0.0486. The van der Waals surface area contributed by atoms with Crippen LogP contribution in [0.3, 0.4) is 0 Å². The molecule has 5 aromatic rings. The van der Waals surface area contributed by atoms with Crippen molar-refractivity contribution in [3.63, 3.8) is 0 Å². The lowest BCUT2D eigenvalue weighted by atomic mass is 9.75. The van der Waals surface area contributed by atoms with Crippen molar-refractivity contribution in [2.24, 2.45) is 0 Å². The molecule has 1 saturated heterocycles. The Morgan fingerprint density at radius 1 is 0.775 bits per heavy atom. The first kappa shape index (κ1) is 27.9. The van der Waals surface area contributed by atoms with E-state index in [1.165, 1.54) is 34.8 Å². The van der Waals surface area contributed by atoms with Crippen LogP contribution in [0, 0.1) is 0 Å². The summed E-state index contributed by atoms with van der Waals surface area (Å²) >= 11 is 1.54. The van der Waals surface area contributed by atoms with Crippen molar-refractivity contribution in [3.8, 4) is 0 Å². The predicted molar refractivity (Wildman–Crippen MR) is 159 cm³/mol. The van der Waals surface area contributed by atoms with E-state index >= 15 is 0 Å². The van der Waals surface area contributed by atoms with Gasteiger partial charge in [0.25, 0.3) is 0 Å². The molecule has 40 heavy (non-hydrogen) atoms. The van der Waals surface area contributed by atoms with Crippen molar-refractivity contribution >= 4 is 22.9 Å². The van der Waals surface area contributed by atoms with Gasteiger partial charge in [0, 0.05) is 38.5 Å². The number of nitrogens with zero attached hydrogens (tertiary/aromatic N) is 5. The van der Waals surface area contributed by atoms with Crippen LogP contribution in [-0.2, 0) is 5.54 Å². The smallest absolute Gasteiger partial charge is 0.181 e. The van der Waals surface area contributed by atoms with E-state index in [0.29, 0.717) is 17.9 Å². The molecule has 1 aliphatic heterocycles. The summed E-state index contributed by atoms with van der Waals surface area (Å²) in [6.07, 6.45) is 2.69. The number of fused-ring (bicyclic) bond motifs is 1. The number of imidazole rings is 1. The fourth-order valence-electron chi connectivity index (χ4n) is 5.73. The summed E-state index contributed by atoms with van der Waals surface area (Å²) in [7, 11) is 0. The van der Waals surface area contributed by atoms with Gasteiger partial charge in [0.1, 0.15) is 16.9 Å². The SMILES string of the molecule is O.OC(CSc1ncnc2nc[nH]c12)CN1CCN(C(c2ccccc2)(c2ccccc2)c2ccccc2)CC1. The number of H-pyrrole nitrogens is 1. The van der Waals surface area contributed by atoms with Gasteiger partial charge in [-0.25, -0.2) is 15.0 Å². The highest BCUT2D eigenvalue weighted by molar-refractivity contribution is 7.99. The van der Waals surface area contributed by atoms with Gasteiger partial charge in [-0.05, 0) is 16.7 Å². The molecule has 1 fully saturated rings. The second kappa shape index (κ2) is 12.7. The van der Waals surface area contributed by atoms with Crippen LogP contribution in [0.5, 0.6) is 0 Å². The van der Waals surface area contributed by atoms with Crippen LogP contribution in [0.2, 0.25) is 0 Å². The van der Waals surface area contributed by atoms with E-state index in [-0.39, 0.29) is 5.48 Å².